The summed E-state index contributed by atoms with van der Waals surface area (Å²) in [5.41, 5.74) is 0.872. The van der Waals surface area contributed by atoms with Crippen molar-refractivity contribution in [3.8, 4) is 0 Å². The molecule has 1 amide bonds. The molecule has 3 aliphatic heterocycles. The van der Waals surface area contributed by atoms with E-state index in [1.54, 1.807) is 12.1 Å². The summed E-state index contributed by atoms with van der Waals surface area (Å²) < 4.78 is 0. The van der Waals surface area contributed by atoms with Crippen LogP contribution in [0.3, 0.4) is 0 Å². The van der Waals surface area contributed by atoms with Gasteiger partial charge in [-0.25, -0.2) is 0 Å². The topological polar surface area (TPSA) is 60.0 Å². The number of amidine groups is 1. The Labute approximate surface area is 150 Å². The fraction of sp³-hybridized carbons (Fsp3) is 0.500. The van der Waals surface area contributed by atoms with Gasteiger partial charge in [0.2, 0.25) is 5.91 Å². The van der Waals surface area contributed by atoms with Crippen molar-refractivity contribution in [3.05, 3.63) is 28.2 Å². The Morgan fingerprint density at radius 3 is 2.96 bits per heavy atom. The number of likely N-dealkylation sites (tertiary alicyclic amines) is 1. The molecule has 0 saturated carbocycles. The summed E-state index contributed by atoms with van der Waals surface area (Å²) in [5.74, 6) is 0.714. The highest BCUT2D eigenvalue weighted by atomic mass is 35.5. The molecule has 2 saturated heterocycles. The number of nitrogens with one attached hydrogen (secondary N) is 2. The van der Waals surface area contributed by atoms with Gasteiger partial charge in [-0.15, -0.1) is 0 Å². The molecule has 24 heavy (non-hydrogen) atoms. The van der Waals surface area contributed by atoms with Gasteiger partial charge >= 0.3 is 0 Å². The zero-order valence-electron chi connectivity index (χ0n) is 13.1. The van der Waals surface area contributed by atoms with Crippen molar-refractivity contribution in [3.63, 3.8) is 0 Å². The van der Waals surface area contributed by atoms with Crippen LogP contribution in [0.1, 0.15) is 12.8 Å². The lowest BCUT2D eigenvalue weighted by atomic mass is 10.2. The molecule has 128 valence electrons. The summed E-state index contributed by atoms with van der Waals surface area (Å²) in [4.78, 5) is 14.5. The van der Waals surface area contributed by atoms with E-state index in [0.717, 1.165) is 25.2 Å². The lowest BCUT2D eigenvalue weighted by Gasteiger charge is -2.26. The van der Waals surface area contributed by atoms with E-state index >= 15 is 0 Å². The zero-order chi connectivity index (χ0) is 16.7. The Hall–Kier alpha value is -1.34. The van der Waals surface area contributed by atoms with Crippen LogP contribution in [0.25, 0.3) is 0 Å². The molecule has 2 N–H and O–H groups in total. The highest BCUT2D eigenvalue weighted by molar-refractivity contribution is 6.42. The van der Waals surface area contributed by atoms with E-state index in [1.807, 2.05) is 11.1 Å². The summed E-state index contributed by atoms with van der Waals surface area (Å²) in [6, 6.07) is 6.46. The molecule has 8 heteroatoms. The molecule has 3 heterocycles. The predicted octanol–water partition coefficient (Wildman–Crippen LogP) is 1.68. The van der Waals surface area contributed by atoms with Crippen molar-refractivity contribution in [1.29, 1.82) is 0 Å². The average Bonchev–Trinajstić information content (AvgIpc) is 3.26. The molecular weight excluding hydrogens is 349 g/mol. The number of anilines is 1. The van der Waals surface area contributed by atoms with Crippen LogP contribution in [0.15, 0.2) is 23.3 Å². The fourth-order valence-electron chi connectivity index (χ4n) is 3.60. The molecule has 0 unspecified atom stereocenters. The molecular formula is C16H19Cl2N5O. The highest BCUT2D eigenvalue weighted by Gasteiger charge is 2.38. The number of carbonyl (C=O) groups excluding carboxylic acids is 1. The van der Waals surface area contributed by atoms with Crippen LogP contribution in [0.4, 0.5) is 5.69 Å². The van der Waals surface area contributed by atoms with Crippen LogP contribution in [0, 0.1) is 0 Å². The van der Waals surface area contributed by atoms with E-state index in [2.05, 4.69) is 20.6 Å². The first-order chi connectivity index (χ1) is 11.6. The Morgan fingerprint density at radius 1 is 1.38 bits per heavy atom. The molecule has 2 fully saturated rings. The monoisotopic (exact) mass is 367 g/mol. The molecule has 6 nitrogen and oxygen atoms in total. The van der Waals surface area contributed by atoms with Gasteiger partial charge in [0.1, 0.15) is 5.84 Å². The van der Waals surface area contributed by atoms with Crippen LogP contribution < -0.4 is 15.6 Å². The summed E-state index contributed by atoms with van der Waals surface area (Å²) in [7, 11) is 0. The fourth-order valence-corrected chi connectivity index (χ4v) is 3.90. The van der Waals surface area contributed by atoms with Gasteiger partial charge in [-0.2, -0.15) is 5.10 Å². The molecule has 2 bridgehead atoms. The molecule has 1 aromatic rings. The number of rotatable bonds is 3. The van der Waals surface area contributed by atoms with Crippen molar-refractivity contribution < 1.29 is 4.79 Å². The number of nitrogens with zero attached hydrogens (tertiary/aromatic N) is 3. The van der Waals surface area contributed by atoms with Gasteiger partial charge in [-0.1, -0.05) is 23.2 Å². The summed E-state index contributed by atoms with van der Waals surface area (Å²) in [6.07, 6.45) is 1.86. The van der Waals surface area contributed by atoms with Gasteiger partial charge in [0, 0.05) is 38.1 Å². The number of carbonyl (C=O) groups is 1. The van der Waals surface area contributed by atoms with Crippen molar-refractivity contribution in [2.75, 3.05) is 31.2 Å². The molecule has 0 radical (unpaired) electrons. The maximum Gasteiger partial charge on any atom is 0.239 e. The van der Waals surface area contributed by atoms with Gasteiger partial charge in [0.15, 0.2) is 0 Å². The second-order valence-corrected chi connectivity index (χ2v) is 7.30. The van der Waals surface area contributed by atoms with Crippen molar-refractivity contribution in [2.24, 2.45) is 5.10 Å². The zero-order valence-corrected chi connectivity index (χ0v) is 14.6. The molecule has 2 atom stereocenters. The number of piperazine rings is 1. The molecule has 3 aliphatic rings. The van der Waals surface area contributed by atoms with Crippen molar-refractivity contribution in [1.82, 2.24) is 15.5 Å². The third-order valence-electron chi connectivity index (χ3n) is 4.80. The molecule has 0 spiro atoms. The largest absolute Gasteiger partial charge is 0.312 e. The molecule has 4 rings (SSSR count). The van der Waals surface area contributed by atoms with Gasteiger partial charge in [0.05, 0.1) is 22.3 Å². The van der Waals surface area contributed by atoms with Crippen LogP contribution in [0.5, 0.6) is 0 Å². The molecule has 0 aromatic heterocycles. The lowest BCUT2D eigenvalue weighted by Crippen LogP contribution is -2.48. The first kappa shape index (κ1) is 16.1. The van der Waals surface area contributed by atoms with E-state index in [4.69, 9.17) is 23.2 Å². The third-order valence-corrected chi connectivity index (χ3v) is 5.54. The third kappa shape index (κ3) is 3.24. The second-order valence-electron chi connectivity index (χ2n) is 6.49. The summed E-state index contributed by atoms with van der Waals surface area (Å²) in [6.45, 7) is 3.10. The Bertz CT molecular complexity index is 695. The number of halogens is 2. The van der Waals surface area contributed by atoms with Crippen molar-refractivity contribution in [2.45, 2.75) is 24.9 Å². The maximum atomic E-state index is 12.3. The van der Waals surface area contributed by atoms with Crippen LogP contribution in [0.2, 0.25) is 10.0 Å². The van der Waals surface area contributed by atoms with Gasteiger partial charge < -0.3 is 10.6 Å². The minimum Gasteiger partial charge on any atom is -0.312 e. The first-order valence-corrected chi connectivity index (χ1v) is 8.91. The average molecular weight is 368 g/mol. The van der Waals surface area contributed by atoms with E-state index < -0.39 is 0 Å². The van der Waals surface area contributed by atoms with E-state index in [-0.39, 0.29) is 5.91 Å². The Morgan fingerprint density at radius 2 is 2.25 bits per heavy atom. The Kier molecular flexibility index (Phi) is 4.39. The smallest absolute Gasteiger partial charge is 0.239 e. The van der Waals surface area contributed by atoms with Crippen molar-refractivity contribution >= 4 is 40.6 Å². The van der Waals surface area contributed by atoms with E-state index in [0.29, 0.717) is 47.5 Å². The molecule has 1 aromatic carbocycles. The minimum absolute atomic E-state index is 0.0114. The van der Waals surface area contributed by atoms with Gasteiger partial charge in [0.25, 0.3) is 0 Å². The summed E-state index contributed by atoms with van der Waals surface area (Å²) >= 11 is 12.0. The standard InChI is InChI=1S/C16H19Cl2N5O/c17-13-2-1-11(6-14(13)18)23-4-3-15(21-23)20-16(24)9-22-8-10-5-12(22)7-19-10/h1-2,6,10,12,19H,3-5,7-9H2,(H,20,21,24)/t10-,12-/m0/s1. The first-order valence-electron chi connectivity index (χ1n) is 8.16. The SMILES string of the molecule is O=C(CN1C[C@@H]2C[C@H]1CN2)NC1=NN(c2ccc(Cl)c(Cl)c2)CC1. The number of hydrogen-bond acceptors (Lipinski definition) is 5. The molecule has 0 aliphatic carbocycles. The minimum atomic E-state index is 0.0114. The number of hydrazone groups is 1. The summed E-state index contributed by atoms with van der Waals surface area (Å²) in [5, 5.41) is 13.7. The van der Waals surface area contributed by atoms with E-state index in [1.165, 1.54) is 0 Å². The second kappa shape index (κ2) is 6.52. The van der Waals surface area contributed by atoms with Gasteiger partial charge in [-0.05, 0) is 24.6 Å². The predicted molar refractivity (Wildman–Crippen MR) is 95.8 cm³/mol. The van der Waals surface area contributed by atoms with Gasteiger partial charge in [-0.3, -0.25) is 14.7 Å². The van der Waals surface area contributed by atoms with Crippen LogP contribution in [-0.4, -0.2) is 54.9 Å². The lowest BCUT2D eigenvalue weighted by molar-refractivity contribution is -0.121. The van der Waals surface area contributed by atoms with Crippen LogP contribution >= 0.6 is 23.2 Å². The highest BCUT2D eigenvalue weighted by Crippen LogP contribution is 2.28. The van der Waals surface area contributed by atoms with E-state index in [9.17, 15) is 4.79 Å². The quantitative estimate of drug-likeness (QED) is 0.853. The number of fused-ring (bicyclic) bond motifs is 2. The normalized spacial score (nSPS) is 26.1. The number of amides is 1. The number of benzene rings is 1. The maximum absolute atomic E-state index is 12.3. The number of hydrogen-bond donors (Lipinski definition) is 2. The Balaban J connectivity index is 1.35. The van der Waals surface area contributed by atoms with Crippen LogP contribution in [-0.2, 0) is 4.79 Å².